The van der Waals surface area contributed by atoms with E-state index in [0.29, 0.717) is 13.0 Å². The van der Waals surface area contributed by atoms with Gasteiger partial charge in [-0.05, 0) is 42.4 Å². The van der Waals surface area contributed by atoms with Gasteiger partial charge in [-0.1, -0.05) is 13.8 Å². The molecule has 0 unspecified atom stereocenters. The van der Waals surface area contributed by atoms with E-state index in [2.05, 4.69) is 10.6 Å². The summed E-state index contributed by atoms with van der Waals surface area (Å²) in [6, 6.07) is 7.48. The van der Waals surface area contributed by atoms with Crippen LogP contribution >= 0.6 is 11.8 Å². The molecule has 0 radical (unpaired) electrons. The molecule has 0 fully saturated rings. The molecule has 19 heavy (non-hydrogen) atoms. The molecule has 106 valence electrons. The van der Waals surface area contributed by atoms with E-state index < -0.39 is 0 Å². The lowest BCUT2D eigenvalue weighted by Crippen LogP contribution is -2.37. The number of hydrogen-bond donors (Lipinski definition) is 3. The number of nitrogens with one attached hydrogen (secondary N) is 2. The average Bonchev–Trinajstić information content (AvgIpc) is 2.37. The standard InChI is InChI=1S/C14H22N2O2S/c1-14(2,8-9-17)10-15-13(18)16-11-4-6-12(19-3)7-5-11/h4-7,17H,8-10H2,1-3H3,(H2,15,16,18). The third-order valence-corrected chi connectivity index (χ3v) is 3.61. The maximum atomic E-state index is 11.7. The summed E-state index contributed by atoms with van der Waals surface area (Å²) in [6.45, 7) is 4.68. The van der Waals surface area contributed by atoms with E-state index >= 15 is 0 Å². The van der Waals surface area contributed by atoms with Crippen molar-refractivity contribution in [2.45, 2.75) is 25.2 Å². The van der Waals surface area contributed by atoms with Crippen molar-refractivity contribution in [3.8, 4) is 0 Å². The molecule has 0 aliphatic carbocycles. The number of carbonyl (C=O) groups is 1. The van der Waals surface area contributed by atoms with Crippen LogP contribution in [0.25, 0.3) is 0 Å². The number of amides is 2. The molecule has 1 aromatic carbocycles. The smallest absolute Gasteiger partial charge is 0.319 e. The van der Waals surface area contributed by atoms with Gasteiger partial charge in [-0.15, -0.1) is 11.8 Å². The van der Waals surface area contributed by atoms with Gasteiger partial charge in [0.05, 0.1) is 0 Å². The largest absolute Gasteiger partial charge is 0.396 e. The van der Waals surface area contributed by atoms with Gasteiger partial charge in [-0.3, -0.25) is 0 Å². The molecule has 1 rings (SSSR count). The predicted molar refractivity (Wildman–Crippen MR) is 80.7 cm³/mol. The van der Waals surface area contributed by atoms with Crippen molar-refractivity contribution in [3.05, 3.63) is 24.3 Å². The molecule has 0 aliphatic heterocycles. The highest BCUT2D eigenvalue weighted by Gasteiger charge is 2.17. The Kier molecular flexibility index (Phi) is 6.18. The minimum atomic E-state index is -0.220. The van der Waals surface area contributed by atoms with Crippen LogP contribution in [0.5, 0.6) is 0 Å². The van der Waals surface area contributed by atoms with Crippen LogP contribution in [0.3, 0.4) is 0 Å². The van der Waals surface area contributed by atoms with Crippen molar-refractivity contribution in [1.29, 1.82) is 0 Å². The average molecular weight is 282 g/mol. The van der Waals surface area contributed by atoms with E-state index in [0.717, 1.165) is 10.6 Å². The molecule has 0 atom stereocenters. The molecule has 1 aromatic rings. The van der Waals surface area contributed by atoms with Crippen molar-refractivity contribution in [2.75, 3.05) is 24.7 Å². The first kappa shape index (κ1) is 15.9. The van der Waals surface area contributed by atoms with Crippen LogP contribution in [0.2, 0.25) is 0 Å². The first-order chi connectivity index (χ1) is 8.96. The molecular weight excluding hydrogens is 260 g/mol. The van der Waals surface area contributed by atoms with Gasteiger partial charge in [0.1, 0.15) is 0 Å². The Morgan fingerprint density at radius 2 is 1.95 bits per heavy atom. The first-order valence-corrected chi connectivity index (χ1v) is 7.49. The Hall–Kier alpha value is -1.20. The van der Waals surface area contributed by atoms with Gasteiger partial charge in [0.15, 0.2) is 0 Å². The van der Waals surface area contributed by atoms with Crippen molar-refractivity contribution < 1.29 is 9.90 Å². The fraction of sp³-hybridized carbons (Fsp3) is 0.500. The quantitative estimate of drug-likeness (QED) is 0.703. The molecule has 0 saturated carbocycles. The number of carbonyl (C=O) groups excluding carboxylic acids is 1. The summed E-state index contributed by atoms with van der Waals surface area (Å²) < 4.78 is 0. The number of thioether (sulfide) groups is 1. The maximum absolute atomic E-state index is 11.7. The van der Waals surface area contributed by atoms with Gasteiger partial charge in [0.25, 0.3) is 0 Å². The van der Waals surface area contributed by atoms with Crippen molar-refractivity contribution in [3.63, 3.8) is 0 Å². The Bertz CT molecular complexity index is 404. The summed E-state index contributed by atoms with van der Waals surface area (Å²) in [7, 11) is 0. The van der Waals surface area contributed by atoms with E-state index in [1.165, 1.54) is 0 Å². The van der Waals surface area contributed by atoms with Gasteiger partial charge in [0.2, 0.25) is 0 Å². The lowest BCUT2D eigenvalue weighted by atomic mass is 9.90. The van der Waals surface area contributed by atoms with E-state index in [1.807, 2.05) is 44.4 Å². The van der Waals surface area contributed by atoms with Crippen molar-refractivity contribution in [1.82, 2.24) is 5.32 Å². The fourth-order valence-electron chi connectivity index (χ4n) is 1.56. The summed E-state index contributed by atoms with van der Waals surface area (Å²) in [5.41, 5.74) is 0.671. The Labute approximate surface area is 119 Å². The number of aliphatic hydroxyl groups is 1. The second-order valence-electron chi connectivity index (χ2n) is 5.17. The Morgan fingerprint density at radius 1 is 1.32 bits per heavy atom. The van der Waals surface area contributed by atoms with Gasteiger partial charge in [-0.2, -0.15) is 0 Å². The van der Waals surface area contributed by atoms with Crippen LogP contribution in [0.15, 0.2) is 29.2 Å². The minimum Gasteiger partial charge on any atom is -0.396 e. The van der Waals surface area contributed by atoms with Crippen LogP contribution in [0.4, 0.5) is 10.5 Å². The number of hydrogen-bond acceptors (Lipinski definition) is 3. The molecule has 5 heteroatoms. The highest BCUT2D eigenvalue weighted by Crippen LogP contribution is 2.19. The summed E-state index contributed by atoms with van der Waals surface area (Å²) in [6.07, 6.45) is 2.67. The fourth-order valence-corrected chi connectivity index (χ4v) is 1.97. The number of rotatable bonds is 6. The number of urea groups is 1. The third-order valence-electron chi connectivity index (χ3n) is 2.86. The van der Waals surface area contributed by atoms with Crippen LogP contribution in [0.1, 0.15) is 20.3 Å². The lowest BCUT2D eigenvalue weighted by molar-refractivity contribution is 0.204. The van der Waals surface area contributed by atoms with Crippen LogP contribution in [0, 0.1) is 5.41 Å². The van der Waals surface area contributed by atoms with Crippen LogP contribution in [-0.4, -0.2) is 30.5 Å². The minimum absolute atomic E-state index is 0.102. The molecule has 0 spiro atoms. The molecule has 0 saturated heterocycles. The van der Waals surface area contributed by atoms with E-state index in [4.69, 9.17) is 5.11 Å². The zero-order valence-electron chi connectivity index (χ0n) is 11.7. The highest BCUT2D eigenvalue weighted by molar-refractivity contribution is 7.98. The monoisotopic (exact) mass is 282 g/mol. The molecule has 0 heterocycles. The number of benzene rings is 1. The van der Waals surface area contributed by atoms with Crippen LogP contribution < -0.4 is 10.6 Å². The molecule has 0 aromatic heterocycles. The van der Waals surface area contributed by atoms with Gasteiger partial charge in [0, 0.05) is 23.7 Å². The predicted octanol–water partition coefficient (Wildman–Crippen LogP) is 2.94. The number of aliphatic hydroxyl groups excluding tert-OH is 1. The summed E-state index contributed by atoms with van der Waals surface area (Å²) in [5.74, 6) is 0. The molecular formula is C14H22N2O2S. The van der Waals surface area contributed by atoms with Gasteiger partial charge >= 0.3 is 6.03 Å². The normalized spacial score (nSPS) is 11.2. The number of anilines is 1. The maximum Gasteiger partial charge on any atom is 0.319 e. The zero-order chi connectivity index (χ0) is 14.3. The van der Waals surface area contributed by atoms with Gasteiger partial charge in [-0.25, -0.2) is 4.79 Å². The van der Waals surface area contributed by atoms with Crippen LogP contribution in [-0.2, 0) is 0 Å². The lowest BCUT2D eigenvalue weighted by Gasteiger charge is -2.23. The van der Waals surface area contributed by atoms with Gasteiger partial charge < -0.3 is 15.7 Å². The molecule has 4 nitrogen and oxygen atoms in total. The molecule has 0 bridgehead atoms. The van der Waals surface area contributed by atoms with Crippen molar-refractivity contribution in [2.24, 2.45) is 5.41 Å². The molecule has 2 amide bonds. The Morgan fingerprint density at radius 3 is 2.47 bits per heavy atom. The zero-order valence-corrected chi connectivity index (χ0v) is 12.5. The summed E-state index contributed by atoms with van der Waals surface area (Å²) in [4.78, 5) is 12.9. The topological polar surface area (TPSA) is 61.4 Å². The first-order valence-electron chi connectivity index (χ1n) is 6.26. The van der Waals surface area contributed by atoms with Crippen molar-refractivity contribution >= 4 is 23.5 Å². The summed E-state index contributed by atoms with van der Waals surface area (Å²) in [5, 5.41) is 14.5. The third kappa shape index (κ3) is 5.98. The molecule has 3 N–H and O–H groups in total. The van der Waals surface area contributed by atoms with E-state index in [-0.39, 0.29) is 18.1 Å². The molecule has 0 aliphatic rings. The SMILES string of the molecule is CSc1ccc(NC(=O)NCC(C)(C)CCO)cc1. The van der Waals surface area contributed by atoms with E-state index in [9.17, 15) is 4.79 Å². The summed E-state index contributed by atoms with van der Waals surface area (Å²) >= 11 is 1.66. The second-order valence-corrected chi connectivity index (χ2v) is 6.05. The van der Waals surface area contributed by atoms with E-state index in [1.54, 1.807) is 11.8 Å². The second kappa shape index (κ2) is 7.40. The Balaban J connectivity index is 2.42. The highest BCUT2D eigenvalue weighted by atomic mass is 32.2.